The van der Waals surface area contributed by atoms with E-state index in [1.165, 1.54) is 25.7 Å². The molecule has 0 spiro atoms. The number of Topliss-reactive ketones (excluding diaryl/α,β-unsaturated/α-hetero) is 1. The van der Waals surface area contributed by atoms with Crippen LogP contribution < -0.4 is 0 Å². The van der Waals surface area contributed by atoms with E-state index < -0.39 is 0 Å². The molecule has 0 radical (unpaired) electrons. The van der Waals surface area contributed by atoms with E-state index in [0.29, 0.717) is 18.0 Å². The minimum absolute atomic E-state index is 0.209. The van der Waals surface area contributed by atoms with Gasteiger partial charge in [-0.05, 0) is 18.8 Å². The van der Waals surface area contributed by atoms with Crippen LogP contribution in [0, 0.1) is 5.92 Å². The van der Waals surface area contributed by atoms with Crippen molar-refractivity contribution >= 4 is 28.5 Å². The van der Waals surface area contributed by atoms with Crippen LogP contribution in [-0.2, 0) is 6.42 Å². The van der Waals surface area contributed by atoms with Crippen molar-refractivity contribution in [2.24, 2.45) is 5.92 Å². The highest BCUT2D eigenvalue weighted by atomic mass is 32.1. The summed E-state index contributed by atoms with van der Waals surface area (Å²) in [4.78, 5) is 22.8. The molecule has 0 aliphatic rings. The molecule has 0 atom stereocenters. The maximum atomic E-state index is 12.6. The van der Waals surface area contributed by atoms with Crippen LogP contribution in [0.25, 0.3) is 10.0 Å². The summed E-state index contributed by atoms with van der Waals surface area (Å²) in [5, 5.41) is 3.77. The number of carbonyl (C=O) groups is 1. The number of ketones is 1. The van der Waals surface area contributed by atoms with Crippen LogP contribution in [0.1, 0.15) is 81.1 Å². The van der Waals surface area contributed by atoms with Crippen LogP contribution in [0.3, 0.4) is 0 Å². The Balaban J connectivity index is 2.00. The van der Waals surface area contributed by atoms with Crippen LogP contribution >= 0.6 is 22.7 Å². The van der Waals surface area contributed by atoms with Gasteiger partial charge in [-0.25, -0.2) is 9.97 Å². The first-order chi connectivity index (χ1) is 11.6. The van der Waals surface area contributed by atoms with Gasteiger partial charge in [0.2, 0.25) is 0 Å². The van der Waals surface area contributed by atoms with Gasteiger partial charge in [0.25, 0.3) is 0 Å². The Morgan fingerprint density at radius 1 is 1.12 bits per heavy atom. The Kier molecular flexibility index (Phi) is 8.06. The highest BCUT2D eigenvalue weighted by molar-refractivity contribution is 7.20. The number of unbranched alkanes of at least 4 members (excludes halogenated alkanes) is 5. The lowest BCUT2D eigenvalue weighted by molar-refractivity contribution is 0.0974. The fourth-order valence-corrected chi connectivity index (χ4v) is 4.65. The minimum atomic E-state index is 0.209. The standard InChI is InChI=1S/C19H28N2OS2/c1-4-5-6-7-8-9-10-15(22)17-16(13-14(2)3)24-19(21-17)18-20-11-12-23-18/h11-12,14H,4-10,13H2,1-3H3. The molecule has 2 aromatic heterocycles. The fraction of sp³-hybridized carbons (Fsp3) is 0.632. The average molecular weight is 365 g/mol. The summed E-state index contributed by atoms with van der Waals surface area (Å²) in [6, 6.07) is 0. The molecule has 2 heterocycles. The van der Waals surface area contributed by atoms with Crippen LogP contribution in [0.15, 0.2) is 11.6 Å². The van der Waals surface area contributed by atoms with Gasteiger partial charge < -0.3 is 0 Å². The van der Waals surface area contributed by atoms with Gasteiger partial charge >= 0.3 is 0 Å². The summed E-state index contributed by atoms with van der Waals surface area (Å²) in [5.41, 5.74) is 0.701. The SMILES string of the molecule is CCCCCCCCC(=O)c1nc(-c2nccs2)sc1CC(C)C. The normalized spacial score (nSPS) is 11.3. The maximum absolute atomic E-state index is 12.6. The molecular formula is C19H28N2OS2. The van der Waals surface area contributed by atoms with Gasteiger partial charge in [-0.2, -0.15) is 0 Å². The molecule has 0 fully saturated rings. The Morgan fingerprint density at radius 3 is 2.54 bits per heavy atom. The minimum Gasteiger partial charge on any atom is -0.292 e. The number of hydrogen-bond donors (Lipinski definition) is 0. The first kappa shape index (κ1) is 19.3. The second-order valence-electron chi connectivity index (χ2n) is 6.67. The molecule has 2 rings (SSSR count). The summed E-state index contributed by atoms with van der Waals surface area (Å²) in [6.07, 6.45) is 10.5. The highest BCUT2D eigenvalue weighted by Crippen LogP contribution is 2.31. The lowest BCUT2D eigenvalue weighted by atomic mass is 10.0. The molecule has 0 unspecified atom stereocenters. The molecular weight excluding hydrogens is 336 g/mol. The van der Waals surface area contributed by atoms with Crippen molar-refractivity contribution in [1.82, 2.24) is 9.97 Å². The third kappa shape index (κ3) is 5.78. The van der Waals surface area contributed by atoms with Gasteiger partial charge in [-0.3, -0.25) is 4.79 Å². The van der Waals surface area contributed by atoms with Gasteiger partial charge in [-0.1, -0.05) is 52.9 Å². The zero-order valence-corrected chi connectivity index (χ0v) is 16.6. The third-order valence-electron chi connectivity index (χ3n) is 3.93. The van der Waals surface area contributed by atoms with Crippen molar-refractivity contribution in [1.29, 1.82) is 0 Å². The molecule has 132 valence electrons. The van der Waals surface area contributed by atoms with Crippen molar-refractivity contribution < 1.29 is 4.79 Å². The van der Waals surface area contributed by atoms with Crippen LogP contribution in [0.5, 0.6) is 0 Å². The van der Waals surface area contributed by atoms with Crippen molar-refractivity contribution in [2.75, 3.05) is 0 Å². The van der Waals surface area contributed by atoms with E-state index in [0.717, 1.165) is 34.2 Å². The Labute approximate surface area is 153 Å². The molecule has 0 aliphatic heterocycles. The second kappa shape index (κ2) is 10.0. The summed E-state index contributed by atoms with van der Waals surface area (Å²) >= 11 is 3.22. The van der Waals surface area contributed by atoms with Crippen LogP contribution in [0.2, 0.25) is 0 Å². The summed E-state index contributed by atoms with van der Waals surface area (Å²) in [6.45, 7) is 6.59. The number of rotatable bonds is 11. The predicted molar refractivity (Wildman–Crippen MR) is 104 cm³/mol. The first-order valence-electron chi connectivity index (χ1n) is 9.04. The summed E-state index contributed by atoms with van der Waals surface area (Å²) in [5.74, 6) is 0.732. The summed E-state index contributed by atoms with van der Waals surface area (Å²) in [7, 11) is 0. The van der Waals surface area contributed by atoms with E-state index in [1.54, 1.807) is 28.9 Å². The zero-order valence-electron chi connectivity index (χ0n) is 15.0. The number of thiazole rings is 2. The number of hydrogen-bond acceptors (Lipinski definition) is 5. The van der Waals surface area contributed by atoms with E-state index >= 15 is 0 Å². The van der Waals surface area contributed by atoms with Crippen molar-refractivity contribution in [2.45, 2.75) is 72.1 Å². The molecule has 0 amide bonds. The smallest absolute Gasteiger partial charge is 0.182 e. The fourth-order valence-electron chi connectivity index (χ4n) is 2.68. The number of aromatic nitrogens is 2. The quantitative estimate of drug-likeness (QED) is 0.342. The molecule has 24 heavy (non-hydrogen) atoms. The van der Waals surface area contributed by atoms with Crippen molar-refractivity contribution in [3.05, 3.63) is 22.1 Å². The van der Waals surface area contributed by atoms with Gasteiger partial charge in [0, 0.05) is 22.9 Å². The lowest BCUT2D eigenvalue weighted by Crippen LogP contribution is -2.05. The molecule has 5 heteroatoms. The Hall–Kier alpha value is -1.07. The molecule has 0 bridgehead atoms. The zero-order chi connectivity index (χ0) is 17.4. The van der Waals surface area contributed by atoms with Gasteiger partial charge in [0.05, 0.1) is 0 Å². The molecule has 0 aliphatic carbocycles. The lowest BCUT2D eigenvalue weighted by Gasteiger charge is -2.04. The molecule has 3 nitrogen and oxygen atoms in total. The molecule has 0 N–H and O–H groups in total. The largest absolute Gasteiger partial charge is 0.292 e. The Bertz CT molecular complexity index is 617. The predicted octanol–water partition coefficient (Wildman–Crippen LogP) is 6.40. The van der Waals surface area contributed by atoms with E-state index in [4.69, 9.17) is 0 Å². The van der Waals surface area contributed by atoms with Crippen molar-refractivity contribution in [3.63, 3.8) is 0 Å². The monoisotopic (exact) mass is 364 g/mol. The van der Waals surface area contributed by atoms with Crippen molar-refractivity contribution in [3.8, 4) is 10.0 Å². The number of carbonyl (C=O) groups excluding carboxylic acids is 1. The van der Waals surface area contributed by atoms with Crippen LogP contribution in [-0.4, -0.2) is 15.8 Å². The summed E-state index contributed by atoms with van der Waals surface area (Å²) < 4.78 is 0. The van der Waals surface area contributed by atoms with E-state index in [2.05, 4.69) is 30.7 Å². The molecule has 0 saturated carbocycles. The third-order valence-corrected chi connectivity index (χ3v) is 5.92. The van der Waals surface area contributed by atoms with Gasteiger partial charge in [0.1, 0.15) is 5.69 Å². The maximum Gasteiger partial charge on any atom is 0.182 e. The molecule has 0 aromatic carbocycles. The average Bonchev–Trinajstić information content (AvgIpc) is 3.19. The Morgan fingerprint density at radius 2 is 1.88 bits per heavy atom. The van der Waals surface area contributed by atoms with E-state index in [-0.39, 0.29) is 5.78 Å². The van der Waals surface area contributed by atoms with Gasteiger partial charge in [0.15, 0.2) is 15.8 Å². The second-order valence-corrected chi connectivity index (χ2v) is 8.65. The topological polar surface area (TPSA) is 42.9 Å². The van der Waals surface area contributed by atoms with E-state index in [9.17, 15) is 4.79 Å². The molecule has 0 saturated heterocycles. The number of nitrogens with zero attached hydrogens (tertiary/aromatic N) is 2. The van der Waals surface area contributed by atoms with Crippen LogP contribution in [0.4, 0.5) is 0 Å². The molecule has 2 aromatic rings. The highest BCUT2D eigenvalue weighted by Gasteiger charge is 2.20. The van der Waals surface area contributed by atoms with Gasteiger partial charge in [-0.15, -0.1) is 22.7 Å². The first-order valence-corrected chi connectivity index (χ1v) is 10.7. The van der Waals surface area contributed by atoms with E-state index in [1.807, 2.05) is 5.38 Å².